The summed E-state index contributed by atoms with van der Waals surface area (Å²) in [6.45, 7) is 0.594. The summed E-state index contributed by atoms with van der Waals surface area (Å²) in [5, 5.41) is 2.62. The molecule has 1 saturated heterocycles. The molecule has 1 aromatic carbocycles. The molecular formula is C16H17F3N4O3. The highest BCUT2D eigenvalue weighted by molar-refractivity contribution is 5.94. The van der Waals surface area contributed by atoms with Gasteiger partial charge in [-0.15, -0.1) is 0 Å². The van der Waals surface area contributed by atoms with Gasteiger partial charge in [-0.05, 0) is 37.6 Å². The van der Waals surface area contributed by atoms with E-state index in [2.05, 4.69) is 15.3 Å². The van der Waals surface area contributed by atoms with Crippen molar-refractivity contribution in [2.75, 3.05) is 25.5 Å². The Kier molecular flexibility index (Phi) is 4.86. The Morgan fingerprint density at radius 2 is 2.19 bits per heavy atom. The van der Waals surface area contributed by atoms with Gasteiger partial charge in [0.2, 0.25) is 11.7 Å². The molecule has 1 atom stereocenters. The molecule has 1 unspecified atom stereocenters. The molecule has 10 heteroatoms. The smallest absolute Gasteiger partial charge is 0.449 e. The molecule has 3 rings (SSSR count). The number of imidazole rings is 1. The topological polar surface area (TPSA) is 87.3 Å². The van der Waals surface area contributed by atoms with E-state index in [1.807, 2.05) is 0 Å². The van der Waals surface area contributed by atoms with E-state index in [-0.39, 0.29) is 29.5 Å². The molecule has 2 aromatic rings. The summed E-state index contributed by atoms with van der Waals surface area (Å²) in [7, 11) is 1.30. The summed E-state index contributed by atoms with van der Waals surface area (Å²) in [5.41, 5.74) is 0.665. The van der Waals surface area contributed by atoms with E-state index in [4.69, 9.17) is 4.74 Å². The second kappa shape index (κ2) is 6.94. The van der Waals surface area contributed by atoms with Gasteiger partial charge in [0.1, 0.15) is 6.04 Å². The van der Waals surface area contributed by atoms with E-state index in [0.717, 1.165) is 6.42 Å². The first kappa shape index (κ1) is 18.2. The average molecular weight is 370 g/mol. The van der Waals surface area contributed by atoms with Gasteiger partial charge in [0.15, 0.2) is 0 Å². The number of alkyl halides is 3. The van der Waals surface area contributed by atoms with Crippen LogP contribution < -0.4 is 5.32 Å². The Bertz CT molecular complexity index is 834. The van der Waals surface area contributed by atoms with Crippen molar-refractivity contribution >= 4 is 28.6 Å². The largest absolute Gasteiger partial charge is 0.468 e. The number of aromatic amines is 1. The molecule has 140 valence electrons. The number of nitrogens with zero attached hydrogens (tertiary/aromatic N) is 2. The summed E-state index contributed by atoms with van der Waals surface area (Å²) in [4.78, 5) is 31.3. The molecule has 1 aliphatic rings. The minimum absolute atomic E-state index is 0.00538. The zero-order valence-electron chi connectivity index (χ0n) is 13.9. The molecule has 1 aliphatic heterocycles. The predicted molar refractivity (Wildman–Crippen MR) is 86.3 cm³/mol. The number of H-pyrrole nitrogens is 1. The summed E-state index contributed by atoms with van der Waals surface area (Å²) >= 11 is 0. The lowest BCUT2D eigenvalue weighted by Crippen LogP contribution is -2.41. The van der Waals surface area contributed by atoms with Gasteiger partial charge in [-0.2, -0.15) is 13.2 Å². The van der Waals surface area contributed by atoms with Gasteiger partial charge in [-0.3, -0.25) is 14.5 Å². The van der Waals surface area contributed by atoms with Crippen molar-refractivity contribution in [2.45, 2.75) is 25.1 Å². The number of aromatic nitrogens is 2. The first-order chi connectivity index (χ1) is 12.3. The summed E-state index contributed by atoms with van der Waals surface area (Å²) < 4.78 is 42.8. The van der Waals surface area contributed by atoms with Crippen LogP contribution in [0.25, 0.3) is 11.0 Å². The molecule has 0 aliphatic carbocycles. The highest BCUT2D eigenvalue weighted by Crippen LogP contribution is 2.29. The maximum atomic E-state index is 12.7. The fourth-order valence-electron chi connectivity index (χ4n) is 3.02. The number of carbonyl (C=O) groups excluding carboxylic acids is 2. The number of esters is 1. The summed E-state index contributed by atoms with van der Waals surface area (Å²) in [6, 6.07) is 3.81. The van der Waals surface area contributed by atoms with Crippen molar-refractivity contribution in [3.05, 3.63) is 24.0 Å². The number of fused-ring (bicyclic) bond motifs is 1. The zero-order valence-corrected chi connectivity index (χ0v) is 13.9. The van der Waals surface area contributed by atoms with Crippen LogP contribution in [0.2, 0.25) is 0 Å². The third-order valence-corrected chi connectivity index (χ3v) is 4.22. The number of likely N-dealkylation sites (tertiary alicyclic amines) is 1. The lowest BCUT2D eigenvalue weighted by atomic mass is 10.2. The highest BCUT2D eigenvalue weighted by Gasteiger charge is 2.35. The Balaban J connectivity index is 1.68. The van der Waals surface area contributed by atoms with E-state index in [0.29, 0.717) is 18.7 Å². The second-order valence-electron chi connectivity index (χ2n) is 6.01. The van der Waals surface area contributed by atoms with Crippen molar-refractivity contribution in [3.8, 4) is 0 Å². The van der Waals surface area contributed by atoms with Crippen molar-refractivity contribution in [1.29, 1.82) is 0 Å². The molecule has 7 nitrogen and oxygen atoms in total. The first-order valence-electron chi connectivity index (χ1n) is 7.96. The maximum Gasteiger partial charge on any atom is 0.449 e. The normalized spacial score (nSPS) is 18.2. The van der Waals surface area contributed by atoms with Crippen LogP contribution in [0, 0.1) is 0 Å². The van der Waals surface area contributed by atoms with Gasteiger partial charge in [-0.25, -0.2) is 4.98 Å². The molecule has 2 heterocycles. The van der Waals surface area contributed by atoms with Crippen molar-refractivity contribution < 1.29 is 27.5 Å². The summed E-state index contributed by atoms with van der Waals surface area (Å²) in [6.07, 6.45) is -3.16. The SMILES string of the molecule is COC(=O)C1CCCN1CC(=O)Nc1ccc2nc(C(F)(F)F)[nH]c2c1. The lowest BCUT2D eigenvalue weighted by Gasteiger charge is -2.21. The molecule has 0 spiro atoms. The molecule has 1 fully saturated rings. The number of hydrogen-bond acceptors (Lipinski definition) is 5. The van der Waals surface area contributed by atoms with E-state index < -0.39 is 18.0 Å². The van der Waals surface area contributed by atoms with Gasteiger partial charge in [0, 0.05) is 5.69 Å². The van der Waals surface area contributed by atoms with Gasteiger partial charge < -0.3 is 15.0 Å². The first-order valence-corrected chi connectivity index (χ1v) is 7.96. The monoisotopic (exact) mass is 370 g/mol. The molecule has 26 heavy (non-hydrogen) atoms. The number of nitrogens with one attached hydrogen (secondary N) is 2. The fraction of sp³-hybridized carbons (Fsp3) is 0.438. The number of anilines is 1. The van der Waals surface area contributed by atoms with Crippen LogP contribution in [0.1, 0.15) is 18.7 Å². The standard InChI is InChI=1S/C16H17F3N4O3/c1-26-14(25)12-3-2-6-23(12)8-13(24)20-9-4-5-10-11(7-9)22-15(21-10)16(17,18)19/h4-5,7,12H,2-3,6,8H2,1H3,(H,20,24)(H,21,22). The van der Waals surface area contributed by atoms with Crippen LogP contribution in [-0.4, -0.2) is 53.0 Å². The number of hydrogen-bond donors (Lipinski definition) is 2. The minimum atomic E-state index is -4.57. The maximum absolute atomic E-state index is 12.7. The third kappa shape index (κ3) is 3.79. The molecule has 0 bridgehead atoms. The Hall–Kier alpha value is -2.62. The van der Waals surface area contributed by atoms with Crippen LogP contribution in [0.5, 0.6) is 0 Å². The molecule has 0 radical (unpaired) electrons. The summed E-state index contributed by atoms with van der Waals surface area (Å²) in [5.74, 6) is -1.83. The number of benzene rings is 1. The van der Waals surface area contributed by atoms with Crippen molar-refractivity contribution in [3.63, 3.8) is 0 Å². The quantitative estimate of drug-likeness (QED) is 0.806. The number of amides is 1. The van der Waals surface area contributed by atoms with Crippen molar-refractivity contribution in [2.24, 2.45) is 0 Å². The van der Waals surface area contributed by atoms with Crippen LogP contribution in [-0.2, 0) is 20.5 Å². The van der Waals surface area contributed by atoms with E-state index in [9.17, 15) is 22.8 Å². The number of ether oxygens (including phenoxy) is 1. The molecular weight excluding hydrogens is 353 g/mol. The van der Waals surface area contributed by atoms with Crippen molar-refractivity contribution in [1.82, 2.24) is 14.9 Å². The molecule has 1 amide bonds. The van der Waals surface area contributed by atoms with Gasteiger partial charge >= 0.3 is 12.1 Å². The highest BCUT2D eigenvalue weighted by atomic mass is 19.4. The third-order valence-electron chi connectivity index (χ3n) is 4.22. The van der Waals surface area contributed by atoms with E-state index in [1.165, 1.54) is 25.3 Å². The van der Waals surface area contributed by atoms with Gasteiger partial charge in [0.05, 0.1) is 24.7 Å². The second-order valence-corrected chi connectivity index (χ2v) is 6.01. The van der Waals surface area contributed by atoms with Crippen LogP contribution in [0.4, 0.5) is 18.9 Å². The number of methoxy groups -OCH3 is 1. The van der Waals surface area contributed by atoms with Gasteiger partial charge in [0.25, 0.3) is 0 Å². The number of carbonyl (C=O) groups is 2. The van der Waals surface area contributed by atoms with Crippen LogP contribution >= 0.6 is 0 Å². The van der Waals surface area contributed by atoms with Gasteiger partial charge in [-0.1, -0.05) is 0 Å². The average Bonchev–Trinajstić information content (AvgIpc) is 3.19. The Morgan fingerprint density at radius 1 is 1.42 bits per heavy atom. The molecule has 0 saturated carbocycles. The molecule has 2 N–H and O–H groups in total. The van der Waals surface area contributed by atoms with E-state index in [1.54, 1.807) is 4.90 Å². The predicted octanol–water partition coefficient (Wildman–Crippen LogP) is 2.16. The fourth-order valence-corrected chi connectivity index (χ4v) is 3.02. The minimum Gasteiger partial charge on any atom is -0.468 e. The van der Waals surface area contributed by atoms with Crippen LogP contribution in [0.3, 0.4) is 0 Å². The Morgan fingerprint density at radius 3 is 2.88 bits per heavy atom. The number of rotatable bonds is 4. The molecule has 1 aromatic heterocycles. The Labute approximate surface area is 146 Å². The van der Waals surface area contributed by atoms with E-state index >= 15 is 0 Å². The van der Waals surface area contributed by atoms with Crippen LogP contribution in [0.15, 0.2) is 18.2 Å². The lowest BCUT2D eigenvalue weighted by molar-refractivity contribution is -0.146. The number of halogens is 3. The zero-order chi connectivity index (χ0) is 18.9.